The molecule has 1 aromatic carbocycles. The lowest BCUT2D eigenvalue weighted by Crippen LogP contribution is -2.27. The maximum Gasteiger partial charge on any atom is 0.179 e. The average Bonchev–Trinajstić information content (AvgIpc) is 2.36. The van der Waals surface area contributed by atoms with Gasteiger partial charge in [0.2, 0.25) is 0 Å². The third-order valence-electron chi connectivity index (χ3n) is 3.14. The Bertz CT molecular complexity index is 434. The second-order valence-corrected chi connectivity index (χ2v) is 5.92. The van der Waals surface area contributed by atoms with Crippen molar-refractivity contribution in [1.82, 2.24) is 5.32 Å². The van der Waals surface area contributed by atoms with Crippen molar-refractivity contribution in [2.24, 2.45) is 5.92 Å². The molecule has 0 amide bonds. The van der Waals surface area contributed by atoms with Gasteiger partial charge in [-0.2, -0.15) is 0 Å². The van der Waals surface area contributed by atoms with Crippen LogP contribution in [0.3, 0.4) is 0 Å². The SMILES string of the molecule is CC(C)CC(C)NCc1cc(Cl)c2c(c1)OCCO2. The van der Waals surface area contributed by atoms with Gasteiger partial charge in [0.05, 0.1) is 5.02 Å². The van der Waals surface area contributed by atoms with Crippen LogP contribution < -0.4 is 14.8 Å². The maximum absolute atomic E-state index is 6.21. The quantitative estimate of drug-likeness (QED) is 0.895. The van der Waals surface area contributed by atoms with E-state index < -0.39 is 0 Å². The molecule has 0 aliphatic carbocycles. The van der Waals surface area contributed by atoms with Gasteiger partial charge < -0.3 is 14.8 Å². The summed E-state index contributed by atoms with van der Waals surface area (Å²) in [6.45, 7) is 8.63. The van der Waals surface area contributed by atoms with Gasteiger partial charge in [0.25, 0.3) is 0 Å². The highest BCUT2D eigenvalue weighted by Gasteiger charge is 2.16. The van der Waals surface area contributed by atoms with E-state index in [4.69, 9.17) is 21.1 Å². The lowest BCUT2D eigenvalue weighted by molar-refractivity contribution is 0.171. The Morgan fingerprint density at radius 1 is 1.21 bits per heavy atom. The minimum atomic E-state index is 0.493. The highest BCUT2D eigenvalue weighted by Crippen LogP contribution is 2.38. The minimum Gasteiger partial charge on any atom is -0.486 e. The third-order valence-corrected chi connectivity index (χ3v) is 3.42. The summed E-state index contributed by atoms with van der Waals surface area (Å²) in [4.78, 5) is 0. The van der Waals surface area contributed by atoms with Crippen molar-refractivity contribution < 1.29 is 9.47 Å². The van der Waals surface area contributed by atoms with Crippen molar-refractivity contribution >= 4 is 11.6 Å². The van der Waals surface area contributed by atoms with Gasteiger partial charge in [0.15, 0.2) is 11.5 Å². The van der Waals surface area contributed by atoms with Gasteiger partial charge in [-0.3, -0.25) is 0 Å². The van der Waals surface area contributed by atoms with E-state index in [2.05, 4.69) is 26.1 Å². The van der Waals surface area contributed by atoms with E-state index in [9.17, 15) is 0 Å². The summed E-state index contributed by atoms with van der Waals surface area (Å²) in [5.41, 5.74) is 1.13. The third kappa shape index (κ3) is 4.02. The number of hydrogen-bond donors (Lipinski definition) is 1. The molecule has 1 aromatic rings. The summed E-state index contributed by atoms with van der Waals surface area (Å²) >= 11 is 6.21. The van der Waals surface area contributed by atoms with E-state index in [0.29, 0.717) is 35.9 Å². The molecule has 1 heterocycles. The first-order valence-electron chi connectivity index (χ1n) is 6.87. The fourth-order valence-electron chi connectivity index (χ4n) is 2.35. The van der Waals surface area contributed by atoms with E-state index in [1.807, 2.05) is 12.1 Å². The van der Waals surface area contributed by atoms with Gasteiger partial charge in [-0.25, -0.2) is 0 Å². The summed E-state index contributed by atoms with van der Waals surface area (Å²) in [6.07, 6.45) is 1.16. The summed E-state index contributed by atoms with van der Waals surface area (Å²) < 4.78 is 11.1. The van der Waals surface area contributed by atoms with Crippen LogP contribution in [0, 0.1) is 5.92 Å². The fourth-order valence-corrected chi connectivity index (χ4v) is 2.64. The molecule has 106 valence electrons. The molecule has 1 atom stereocenters. The number of ether oxygens (including phenoxy) is 2. The van der Waals surface area contributed by atoms with Crippen LogP contribution in [0.25, 0.3) is 0 Å². The summed E-state index contributed by atoms with van der Waals surface area (Å²) in [5.74, 6) is 2.13. The van der Waals surface area contributed by atoms with Crippen molar-refractivity contribution in [1.29, 1.82) is 0 Å². The second kappa shape index (κ2) is 6.49. The van der Waals surface area contributed by atoms with E-state index in [0.717, 1.165) is 24.3 Å². The average molecular weight is 284 g/mol. The van der Waals surface area contributed by atoms with Crippen LogP contribution in [0.15, 0.2) is 12.1 Å². The zero-order chi connectivity index (χ0) is 13.8. The lowest BCUT2D eigenvalue weighted by atomic mass is 10.0. The van der Waals surface area contributed by atoms with Crippen LogP contribution in [-0.4, -0.2) is 19.3 Å². The standard InChI is InChI=1S/C15H22ClNO2/c1-10(2)6-11(3)17-9-12-7-13(16)15-14(8-12)18-4-5-19-15/h7-8,10-11,17H,4-6,9H2,1-3H3. The molecule has 1 aliphatic rings. The number of benzene rings is 1. The highest BCUT2D eigenvalue weighted by atomic mass is 35.5. The molecule has 1 N–H and O–H groups in total. The van der Waals surface area contributed by atoms with Crippen LogP contribution in [0.2, 0.25) is 5.02 Å². The van der Waals surface area contributed by atoms with E-state index in [1.54, 1.807) is 0 Å². The zero-order valence-electron chi connectivity index (χ0n) is 11.8. The molecule has 0 fully saturated rings. The number of fused-ring (bicyclic) bond motifs is 1. The van der Waals surface area contributed by atoms with Gasteiger partial charge >= 0.3 is 0 Å². The Morgan fingerprint density at radius 2 is 1.95 bits per heavy atom. The smallest absolute Gasteiger partial charge is 0.179 e. The van der Waals surface area contributed by atoms with Gasteiger partial charge in [0, 0.05) is 12.6 Å². The Morgan fingerprint density at radius 3 is 2.68 bits per heavy atom. The molecular weight excluding hydrogens is 262 g/mol. The number of hydrogen-bond acceptors (Lipinski definition) is 3. The molecule has 3 nitrogen and oxygen atoms in total. The Hall–Kier alpha value is -0.930. The molecule has 0 radical (unpaired) electrons. The Labute approximate surface area is 120 Å². The Balaban J connectivity index is 1.99. The predicted molar refractivity (Wildman–Crippen MR) is 78.2 cm³/mol. The van der Waals surface area contributed by atoms with Crippen molar-refractivity contribution in [3.05, 3.63) is 22.7 Å². The summed E-state index contributed by atoms with van der Waals surface area (Å²) in [5, 5.41) is 4.14. The maximum atomic E-state index is 6.21. The first-order valence-corrected chi connectivity index (χ1v) is 7.25. The van der Waals surface area contributed by atoms with Crippen molar-refractivity contribution in [2.45, 2.75) is 39.8 Å². The largest absolute Gasteiger partial charge is 0.486 e. The molecular formula is C15H22ClNO2. The summed E-state index contributed by atoms with van der Waals surface area (Å²) in [7, 11) is 0. The molecule has 4 heteroatoms. The normalized spacial score (nSPS) is 15.6. The van der Waals surface area contributed by atoms with Gasteiger partial charge in [-0.1, -0.05) is 25.4 Å². The van der Waals surface area contributed by atoms with Crippen LogP contribution in [0.4, 0.5) is 0 Å². The molecule has 0 saturated carbocycles. The predicted octanol–water partition coefficient (Wildman–Crippen LogP) is 3.64. The van der Waals surface area contributed by atoms with Crippen molar-refractivity contribution in [3.8, 4) is 11.5 Å². The van der Waals surface area contributed by atoms with Crippen LogP contribution in [0.1, 0.15) is 32.8 Å². The van der Waals surface area contributed by atoms with Crippen molar-refractivity contribution in [3.63, 3.8) is 0 Å². The molecule has 2 rings (SSSR count). The minimum absolute atomic E-state index is 0.493. The first kappa shape index (κ1) is 14.5. The number of rotatable bonds is 5. The fraction of sp³-hybridized carbons (Fsp3) is 0.600. The monoisotopic (exact) mass is 283 g/mol. The number of halogens is 1. The number of nitrogens with one attached hydrogen (secondary N) is 1. The highest BCUT2D eigenvalue weighted by molar-refractivity contribution is 6.32. The molecule has 19 heavy (non-hydrogen) atoms. The van der Waals surface area contributed by atoms with Crippen LogP contribution in [0.5, 0.6) is 11.5 Å². The van der Waals surface area contributed by atoms with E-state index in [1.165, 1.54) is 0 Å². The van der Waals surface area contributed by atoms with Crippen LogP contribution >= 0.6 is 11.6 Å². The molecule has 0 spiro atoms. The van der Waals surface area contributed by atoms with Crippen molar-refractivity contribution in [2.75, 3.05) is 13.2 Å². The first-order chi connectivity index (χ1) is 9.06. The molecule has 1 aliphatic heterocycles. The molecule has 0 aromatic heterocycles. The molecule has 1 unspecified atom stereocenters. The second-order valence-electron chi connectivity index (χ2n) is 5.51. The Kier molecular flexibility index (Phi) is 4.94. The summed E-state index contributed by atoms with van der Waals surface area (Å²) in [6, 6.07) is 4.45. The lowest BCUT2D eigenvalue weighted by Gasteiger charge is -2.21. The molecule has 0 saturated heterocycles. The zero-order valence-corrected chi connectivity index (χ0v) is 12.6. The topological polar surface area (TPSA) is 30.5 Å². The molecule has 0 bridgehead atoms. The van der Waals surface area contributed by atoms with E-state index >= 15 is 0 Å². The van der Waals surface area contributed by atoms with Gasteiger partial charge in [0.1, 0.15) is 13.2 Å². The van der Waals surface area contributed by atoms with E-state index in [-0.39, 0.29) is 0 Å². The van der Waals surface area contributed by atoms with Gasteiger partial charge in [-0.15, -0.1) is 0 Å². The van der Waals surface area contributed by atoms with Gasteiger partial charge in [-0.05, 0) is 37.0 Å². The van der Waals surface area contributed by atoms with Crippen LogP contribution in [-0.2, 0) is 6.54 Å².